The van der Waals surface area contributed by atoms with Crippen molar-refractivity contribution >= 4 is 33.3 Å². The van der Waals surface area contributed by atoms with Crippen molar-refractivity contribution in [2.75, 3.05) is 25.5 Å². The molecule has 2 aromatic heterocycles. The Balaban J connectivity index is 1.61. The second kappa shape index (κ2) is 10.4. The molecule has 11 heteroatoms. The fourth-order valence-corrected chi connectivity index (χ4v) is 5.31. The van der Waals surface area contributed by atoms with Crippen LogP contribution in [0, 0.1) is 0 Å². The summed E-state index contributed by atoms with van der Waals surface area (Å²) in [6, 6.07) is 9.36. The average molecular weight is 511 g/mol. The lowest BCUT2D eigenvalue weighted by Gasteiger charge is -2.33. The number of fused-ring (bicyclic) bond motifs is 1. The molecule has 4 rings (SSSR count). The second-order valence-electron chi connectivity index (χ2n) is 8.66. The predicted octanol–water partition coefficient (Wildman–Crippen LogP) is 4.71. The number of hydrogen-bond donors (Lipinski definition) is 1. The van der Waals surface area contributed by atoms with E-state index >= 15 is 0 Å². The van der Waals surface area contributed by atoms with Gasteiger partial charge in [0.1, 0.15) is 6.17 Å². The summed E-state index contributed by atoms with van der Waals surface area (Å²) in [5, 5.41) is 7.54. The smallest absolute Gasteiger partial charge is 0.389 e. The van der Waals surface area contributed by atoms with Crippen LogP contribution in [-0.2, 0) is 24.9 Å². The molecule has 1 saturated heterocycles. The number of nitrogens with zero attached hydrogens (tertiary/aromatic N) is 3. The molecule has 1 aliphatic rings. The fraction of sp³-hybridized carbons (Fsp3) is 0.417. The molecular weight excluding hydrogens is 484 g/mol. The van der Waals surface area contributed by atoms with Gasteiger partial charge in [0.05, 0.1) is 39.6 Å². The number of anilines is 1. The van der Waals surface area contributed by atoms with Gasteiger partial charge in [0.2, 0.25) is 0 Å². The fourth-order valence-electron chi connectivity index (χ4n) is 4.15. The quantitative estimate of drug-likeness (QED) is 0.284. The Morgan fingerprint density at radius 3 is 2.74 bits per heavy atom. The predicted molar refractivity (Wildman–Crippen MR) is 130 cm³/mol. The number of aromatic nitrogens is 1. The van der Waals surface area contributed by atoms with E-state index in [1.807, 2.05) is 11.9 Å². The Labute approximate surface area is 203 Å². The molecule has 0 saturated carbocycles. The van der Waals surface area contributed by atoms with Crippen LogP contribution in [0.3, 0.4) is 0 Å². The maximum absolute atomic E-state index is 14.6. The molecule has 1 N–H and O–H groups in total. The number of likely N-dealkylation sites (tertiary alicyclic amines) is 1. The van der Waals surface area contributed by atoms with E-state index < -0.39 is 24.8 Å². The highest BCUT2D eigenvalue weighted by Gasteiger charge is 2.32. The minimum absolute atomic E-state index is 0.0105. The summed E-state index contributed by atoms with van der Waals surface area (Å²) >= 11 is 1.15. The van der Waals surface area contributed by atoms with Crippen LogP contribution >= 0.6 is 11.3 Å². The highest BCUT2D eigenvalue weighted by atomic mass is 32.1. The summed E-state index contributed by atoms with van der Waals surface area (Å²) in [6.07, 6.45) is -4.75. The van der Waals surface area contributed by atoms with Crippen molar-refractivity contribution in [2.24, 2.45) is 12.2 Å². The molecule has 1 fully saturated rings. The van der Waals surface area contributed by atoms with Crippen molar-refractivity contribution in [3.8, 4) is 0 Å². The second-order valence-corrected chi connectivity index (χ2v) is 9.71. The van der Waals surface area contributed by atoms with E-state index in [9.17, 15) is 22.4 Å². The van der Waals surface area contributed by atoms with Crippen LogP contribution < -0.4 is 10.9 Å². The van der Waals surface area contributed by atoms with Gasteiger partial charge < -0.3 is 19.6 Å². The van der Waals surface area contributed by atoms with Crippen LogP contribution in [0.4, 0.5) is 23.2 Å². The number of benzene rings is 1. The van der Waals surface area contributed by atoms with Gasteiger partial charge in [-0.2, -0.15) is 13.2 Å². The first-order valence-electron chi connectivity index (χ1n) is 11.1. The summed E-state index contributed by atoms with van der Waals surface area (Å²) in [6.45, 7) is 1.03. The largest absolute Gasteiger partial charge is 0.393 e. The van der Waals surface area contributed by atoms with E-state index in [2.05, 4.69) is 10.5 Å². The van der Waals surface area contributed by atoms with Crippen LogP contribution in [0.2, 0.25) is 0 Å². The Hall–Kier alpha value is -2.92. The lowest BCUT2D eigenvalue weighted by atomic mass is 10.0. The molecule has 1 aliphatic heterocycles. The Bertz CT molecular complexity index is 1270. The molecule has 0 radical (unpaired) electrons. The first kappa shape index (κ1) is 25.2. The van der Waals surface area contributed by atoms with Crippen molar-refractivity contribution in [1.82, 2.24) is 9.47 Å². The highest BCUT2D eigenvalue weighted by molar-refractivity contribution is 7.21. The van der Waals surface area contributed by atoms with Crippen LogP contribution in [0.25, 0.3) is 10.1 Å². The number of oxime groups is 1. The van der Waals surface area contributed by atoms with E-state index in [0.717, 1.165) is 17.9 Å². The average Bonchev–Trinajstić information content (AvgIpc) is 3.12. The standard InChI is InChI=1S/C24H26F4N4O2S/c1-31-10-9-19(18(25)13-31)30-20-7-4-6-16-17(11-24(26,27)28)21(35-23(16)20)12-29-34-14-15-5-3-8-22(33)32(15)2/h3-8,12,18-19,30H,9-11,13-14H2,1-2H3/b29-12+/t18-,19+/m0/s1. The lowest BCUT2D eigenvalue weighted by Crippen LogP contribution is -2.46. The van der Waals surface area contributed by atoms with Gasteiger partial charge >= 0.3 is 6.18 Å². The first-order valence-corrected chi connectivity index (χ1v) is 11.9. The number of pyridine rings is 1. The van der Waals surface area contributed by atoms with E-state index in [1.165, 1.54) is 16.8 Å². The molecule has 0 bridgehead atoms. The van der Waals surface area contributed by atoms with E-state index in [4.69, 9.17) is 4.84 Å². The molecule has 6 nitrogen and oxygen atoms in total. The molecule has 0 unspecified atom stereocenters. The molecule has 2 atom stereocenters. The molecule has 0 spiro atoms. The molecule has 0 amide bonds. The summed E-state index contributed by atoms with van der Waals surface area (Å²) < 4.78 is 56.8. The number of thiophene rings is 1. The maximum Gasteiger partial charge on any atom is 0.393 e. The number of nitrogens with one attached hydrogen (secondary N) is 1. The topological polar surface area (TPSA) is 58.9 Å². The van der Waals surface area contributed by atoms with Crippen molar-refractivity contribution in [3.05, 3.63) is 62.9 Å². The zero-order valence-corrected chi connectivity index (χ0v) is 20.1. The van der Waals surface area contributed by atoms with E-state index in [1.54, 1.807) is 37.4 Å². The lowest BCUT2D eigenvalue weighted by molar-refractivity contribution is -0.126. The third-order valence-electron chi connectivity index (χ3n) is 6.06. The van der Waals surface area contributed by atoms with Gasteiger partial charge in [0.15, 0.2) is 6.61 Å². The Morgan fingerprint density at radius 2 is 2.00 bits per heavy atom. The van der Waals surface area contributed by atoms with Crippen LogP contribution in [0.15, 0.2) is 46.3 Å². The molecule has 3 aromatic rings. The van der Waals surface area contributed by atoms with Gasteiger partial charge in [-0.25, -0.2) is 4.39 Å². The Kier molecular flexibility index (Phi) is 7.46. The minimum atomic E-state index is -4.42. The zero-order chi connectivity index (χ0) is 25.2. The molecule has 188 valence electrons. The van der Waals surface area contributed by atoms with Gasteiger partial charge in [0, 0.05) is 26.2 Å². The number of halogens is 4. The number of rotatable bonds is 7. The molecule has 1 aromatic carbocycles. The molecular formula is C24H26F4N4O2S. The number of alkyl halides is 4. The van der Waals surface area contributed by atoms with Crippen LogP contribution in [0.1, 0.15) is 22.6 Å². The zero-order valence-electron chi connectivity index (χ0n) is 19.3. The number of piperidine rings is 1. The summed E-state index contributed by atoms with van der Waals surface area (Å²) in [4.78, 5) is 19.2. The van der Waals surface area contributed by atoms with Gasteiger partial charge in [-0.3, -0.25) is 4.79 Å². The first-order chi connectivity index (χ1) is 16.6. The SMILES string of the molecule is CN1CC[C@@H](Nc2cccc3c(CC(F)(F)F)c(/C=N/OCc4cccc(=O)n4C)sc23)[C@@H](F)C1. The monoisotopic (exact) mass is 510 g/mol. The van der Waals surface area contributed by atoms with Gasteiger partial charge in [-0.05, 0) is 36.6 Å². The van der Waals surface area contributed by atoms with Gasteiger partial charge in [-0.1, -0.05) is 23.4 Å². The van der Waals surface area contributed by atoms with Crippen molar-refractivity contribution in [2.45, 2.75) is 37.8 Å². The Morgan fingerprint density at radius 1 is 1.23 bits per heavy atom. The molecule has 0 aliphatic carbocycles. The van der Waals surface area contributed by atoms with Crippen molar-refractivity contribution in [3.63, 3.8) is 0 Å². The number of hydrogen-bond acceptors (Lipinski definition) is 6. The molecule has 35 heavy (non-hydrogen) atoms. The molecule has 3 heterocycles. The van der Waals surface area contributed by atoms with Crippen LogP contribution in [0.5, 0.6) is 0 Å². The maximum atomic E-state index is 14.6. The van der Waals surface area contributed by atoms with Crippen LogP contribution in [-0.4, -0.2) is 54.2 Å². The summed E-state index contributed by atoms with van der Waals surface area (Å²) in [5.74, 6) is 0. The van der Waals surface area contributed by atoms with Gasteiger partial charge in [-0.15, -0.1) is 11.3 Å². The van der Waals surface area contributed by atoms with E-state index in [-0.39, 0.29) is 17.7 Å². The summed E-state index contributed by atoms with van der Waals surface area (Å²) in [7, 11) is 3.45. The summed E-state index contributed by atoms with van der Waals surface area (Å²) in [5.41, 5.74) is 1.08. The third-order valence-corrected chi connectivity index (χ3v) is 7.27. The van der Waals surface area contributed by atoms with Crippen molar-refractivity contribution in [1.29, 1.82) is 0 Å². The van der Waals surface area contributed by atoms with E-state index in [0.29, 0.717) is 39.3 Å². The third kappa shape index (κ3) is 6.02. The van der Waals surface area contributed by atoms with Gasteiger partial charge in [0.25, 0.3) is 5.56 Å². The van der Waals surface area contributed by atoms with Crippen molar-refractivity contribution < 1.29 is 22.4 Å². The minimum Gasteiger partial charge on any atom is -0.389 e. The highest BCUT2D eigenvalue weighted by Crippen LogP contribution is 2.39. The normalized spacial score (nSPS) is 19.5.